The lowest BCUT2D eigenvalue weighted by Gasteiger charge is -2.25. The minimum Gasteiger partial charge on any atom is -0.378 e. The molecule has 1 amide bonds. The first kappa shape index (κ1) is 23.6. The molecule has 1 saturated heterocycles. The number of carbonyl (C=O) groups excluding carboxylic acids is 1. The van der Waals surface area contributed by atoms with E-state index >= 15 is 0 Å². The van der Waals surface area contributed by atoms with Crippen molar-refractivity contribution >= 4 is 48.3 Å². The number of carbonyl (C=O) groups is 1. The Labute approximate surface area is 198 Å². The molecule has 3 aromatic rings. The van der Waals surface area contributed by atoms with Crippen molar-refractivity contribution in [1.29, 1.82) is 0 Å². The highest BCUT2D eigenvalue weighted by molar-refractivity contribution is 7.89. The van der Waals surface area contributed by atoms with Gasteiger partial charge >= 0.3 is 0 Å². The highest BCUT2D eigenvalue weighted by Crippen LogP contribution is 2.31. The van der Waals surface area contributed by atoms with Crippen LogP contribution in [0.5, 0.6) is 0 Å². The molecule has 33 heavy (non-hydrogen) atoms. The van der Waals surface area contributed by atoms with Gasteiger partial charge in [0.15, 0.2) is 5.13 Å². The quantitative estimate of drug-likeness (QED) is 0.503. The number of nitrogens with one attached hydrogen (secondary N) is 2. The van der Waals surface area contributed by atoms with E-state index in [1.165, 1.54) is 0 Å². The summed E-state index contributed by atoms with van der Waals surface area (Å²) in [4.78, 5) is 19.4. The number of hydrogen-bond acceptors (Lipinski definition) is 7. The molecule has 2 aromatic carbocycles. The Bertz CT molecular complexity index is 1220. The third kappa shape index (κ3) is 5.89. The van der Waals surface area contributed by atoms with Crippen LogP contribution in [0.2, 0.25) is 0 Å². The van der Waals surface area contributed by atoms with Gasteiger partial charge in [0, 0.05) is 31.7 Å². The fourth-order valence-corrected chi connectivity index (χ4v) is 5.61. The van der Waals surface area contributed by atoms with Crippen molar-refractivity contribution in [2.24, 2.45) is 0 Å². The Morgan fingerprint density at radius 3 is 2.58 bits per heavy atom. The Morgan fingerprint density at radius 1 is 1.15 bits per heavy atom. The number of amides is 1. The number of sulfonamides is 1. The summed E-state index contributed by atoms with van der Waals surface area (Å²) in [6.07, 6.45) is 0.0308. The smallest absolute Gasteiger partial charge is 0.240 e. The van der Waals surface area contributed by atoms with Gasteiger partial charge in [0.1, 0.15) is 0 Å². The Balaban J connectivity index is 1.31. The van der Waals surface area contributed by atoms with E-state index in [0.29, 0.717) is 24.8 Å². The van der Waals surface area contributed by atoms with E-state index in [2.05, 4.69) is 33.8 Å². The standard InChI is InChI=1S/C23H28N4O4S2/c1-16(2)17-3-6-19(7-4-17)33(29,30)24-10-9-22(28)25-18-5-8-20-21(15-18)32-23(26-20)27-11-13-31-14-12-27/h3-8,15-16,24H,9-14H2,1-2H3,(H,25,28). The van der Waals surface area contributed by atoms with Crippen LogP contribution in [0.3, 0.4) is 0 Å². The molecule has 0 spiro atoms. The fraction of sp³-hybridized carbons (Fsp3) is 0.391. The number of morpholine rings is 1. The van der Waals surface area contributed by atoms with Gasteiger partial charge in [-0.25, -0.2) is 18.1 Å². The first-order valence-electron chi connectivity index (χ1n) is 10.9. The monoisotopic (exact) mass is 488 g/mol. The second-order valence-corrected chi connectivity index (χ2v) is 11.0. The van der Waals surface area contributed by atoms with Crippen LogP contribution in [0.4, 0.5) is 10.8 Å². The second kappa shape index (κ2) is 10.2. The van der Waals surface area contributed by atoms with E-state index in [-0.39, 0.29) is 23.8 Å². The number of nitrogens with zero attached hydrogens (tertiary/aromatic N) is 2. The minimum atomic E-state index is -3.66. The van der Waals surface area contributed by atoms with Crippen molar-refractivity contribution in [3.05, 3.63) is 48.0 Å². The number of fused-ring (bicyclic) bond motifs is 1. The number of benzene rings is 2. The maximum absolute atomic E-state index is 12.5. The maximum Gasteiger partial charge on any atom is 0.240 e. The zero-order valence-electron chi connectivity index (χ0n) is 18.7. The van der Waals surface area contributed by atoms with Crippen molar-refractivity contribution in [3.8, 4) is 0 Å². The number of anilines is 2. The van der Waals surface area contributed by atoms with Crippen LogP contribution >= 0.6 is 11.3 Å². The van der Waals surface area contributed by atoms with Crippen molar-refractivity contribution in [3.63, 3.8) is 0 Å². The van der Waals surface area contributed by atoms with E-state index < -0.39 is 10.0 Å². The van der Waals surface area contributed by atoms with Crippen LogP contribution in [-0.2, 0) is 19.6 Å². The number of hydrogen-bond donors (Lipinski definition) is 2. The molecule has 0 aliphatic carbocycles. The van der Waals surface area contributed by atoms with Gasteiger partial charge in [-0.1, -0.05) is 37.3 Å². The first-order chi connectivity index (χ1) is 15.8. The van der Waals surface area contributed by atoms with E-state index in [1.807, 2.05) is 30.3 Å². The SMILES string of the molecule is CC(C)c1ccc(S(=O)(=O)NCCC(=O)Nc2ccc3nc(N4CCOCC4)sc3c2)cc1. The highest BCUT2D eigenvalue weighted by Gasteiger charge is 2.17. The summed E-state index contributed by atoms with van der Waals surface area (Å²) in [6.45, 7) is 7.16. The zero-order chi connectivity index (χ0) is 23.4. The Hall–Kier alpha value is -2.53. The van der Waals surface area contributed by atoms with Crippen LogP contribution in [0.25, 0.3) is 10.2 Å². The van der Waals surface area contributed by atoms with Gasteiger partial charge in [-0.3, -0.25) is 4.79 Å². The van der Waals surface area contributed by atoms with E-state index in [0.717, 1.165) is 34.0 Å². The molecule has 1 aliphatic rings. The average Bonchev–Trinajstić information content (AvgIpc) is 3.23. The summed E-state index contributed by atoms with van der Waals surface area (Å²) in [5.74, 6) is 0.0682. The molecule has 0 atom stereocenters. The van der Waals surface area contributed by atoms with Gasteiger partial charge in [0.2, 0.25) is 15.9 Å². The minimum absolute atomic E-state index is 0.0179. The normalized spacial score (nSPS) is 14.7. The van der Waals surface area contributed by atoms with Crippen LogP contribution in [0, 0.1) is 0 Å². The summed E-state index contributed by atoms with van der Waals surface area (Å²) in [6, 6.07) is 12.4. The number of aromatic nitrogens is 1. The number of thiazole rings is 1. The average molecular weight is 489 g/mol. The van der Waals surface area contributed by atoms with Crippen molar-refractivity contribution in [1.82, 2.24) is 9.71 Å². The van der Waals surface area contributed by atoms with Gasteiger partial charge in [-0.05, 0) is 41.8 Å². The largest absolute Gasteiger partial charge is 0.378 e. The number of ether oxygens (including phenoxy) is 1. The molecule has 4 rings (SSSR count). The lowest BCUT2D eigenvalue weighted by Crippen LogP contribution is -2.36. The first-order valence-corrected chi connectivity index (χ1v) is 13.2. The third-order valence-corrected chi connectivity index (χ3v) is 8.00. The maximum atomic E-state index is 12.5. The van der Waals surface area contributed by atoms with Crippen LogP contribution in [0.15, 0.2) is 47.4 Å². The van der Waals surface area contributed by atoms with Crippen LogP contribution in [0.1, 0.15) is 31.7 Å². The molecule has 0 bridgehead atoms. The molecule has 0 unspecified atom stereocenters. The molecule has 8 nitrogen and oxygen atoms in total. The van der Waals surface area contributed by atoms with Gasteiger partial charge in [-0.2, -0.15) is 0 Å². The van der Waals surface area contributed by atoms with Crippen molar-refractivity contribution in [2.75, 3.05) is 43.1 Å². The predicted molar refractivity (Wildman–Crippen MR) is 132 cm³/mol. The zero-order valence-corrected chi connectivity index (χ0v) is 20.3. The second-order valence-electron chi connectivity index (χ2n) is 8.20. The van der Waals surface area contributed by atoms with Gasteiger partial charge in [0.25, 0.3) is 0 Å². The van der Waals surface area contributed by atoms with Crippen molar-refractivity contribution < 1.29 is 17.9 Å². The highest BCUT2D eigenvalue weighted by atomic mass is 32.2. The summed E-state index contributed by atoms with van der Waals surface area (Å²) >= 11 is 1.58. The third-order valence-electron chi connectivity index (χ3n) is 5.44. The molecule has 2 heterocycles. The summed E-state index contributed by atoms with van der Waals surface area (Å²) < 4.78 is 33.8. The summed E-state index contributed by atoms with van der Waals surface area (Å²) in [7, 11) is -3.66. The molecule has 10 heteroatoms. The topological polar surface area (TPSA) is 101 Å². The van der Waals surface area contributed by atoms with Crippen LogP contribution in [-0.4, -0.2) is 52.2 Å². The summed E-state index contributed by atoms with van der Waals surface area (Å²) in [5.41, 5.74) is 2.62. The van der Waals surface area contributed by atoms with Gasteiger partial charge in [0.05, 0.1) is 28.3 Å². The lowest BCUT2D eigenvalue weighted by atomic mass is 10.0. The van der Waals surface area contributed by atoms with E-state index in [9.17, 15) is 13.2 Å². The Morgan fingerprint density at radius 2 is 1.88 bits per heavy atom. The molecule has 1 aromatic heterocycles. The fourth-order valence-electron chi connectivity index (χ4n) is 3.52. The van der Waals surface area contributed by atoms with E-state index in [4.69, 9.17) is 4.74 Å². The molecular weight excluding hydrogens is 460 g/mol. The van der Waals surface area contributed by atoms with Crippen molar-refractivity contribution in [2.45, 2.75) is 31.1 Å². The summed E-state index contributed by atoms with van der Waals surface area (Å²) in [5, 5.41) is 3.79. The van der Waals surface area contributed by atoms with Crippen LogP contribution < -0.4 is 14.9 Å². The molecular formula is C23H28N4O4S2. The molecule has 1 aliphatic heterocycles. The number of rotatable bonds is 8. The Kier molecular flexibility index (Phi) is 7.28. The molecule has 176 valence electrons. The molecule has 2 N–H and O–H groups in total. The molecule has 1 fully saturated rings. The lowest BCUT2D eigenvalue weighted by molar-refractivity contribution is -0.116. The predicted octanol–water partition coefficient (Wildman–Crippen LogP) is 3.56. The van der Waals surface area contributed by atoms with E-state index in [1.54, 1.807) is 23.5 Å². The molecule has 0 radical (unpaired) electrons. The molecule has 0 saturated carbocycles. The van der Waals surface area contributed by atoms with Gasteiger partial charge in [-0.15, -0.1) is 0 Å². The van der Waals surface area contributed by atoms with Gasteiger partial charge < -0.3 is 15.0 Å².